The Morgan fingerprint density at radius 3 is 2.00 bits per heavy atom. The second-order valence-corrected chi connectivity index (χ2v) is 3.76. The van der Waals surface area contributed by atoms with Gasteiger partial charge in [0.25, 0.3) is 0 Å². The summed E-state index contributed by atoms with van der Waals surface area (Å²) in [7, 11) is -0.611. The summed E-state index contributed by atoms with van der Waals surface area (Å²) < 4.78 is 19.4. The van der Waals surface area contributed by atoms with Gasteiger partial charge in [0.15, 0.2) is 0 Å². The number of aliphatic hydroxyl groups is 1. The second kappa shape index (κ2) is 14.5. The molecule has 0 heterocycles. The smallest absolute Gasteiger partial charge is 0.0701 e. The Morgan fingerprint density at radius 2 is 1.62 bits per heavy atom. The number of hydrogen-bond acceptors (Lipinski definition) is 4. The Kier molecular flexibility index (Phi) is 17.3. The van der Waals surface area contributed by atoms with Crippen LogP contribution in [0.1, 0.15) is 6.92 Å². The predicted octanol–water partition coefficient (Wildman–Crippen LogP) is 0.0265. The maximum Gasteiger partial charge on any atom is 0.0701 e. The highest BCUT2D eigenvalue weighted by molar-refractivity contribution is 7.83. The first-order valence-corrected chi connectivity index (χ1v) is 6.13. The molecule has 0 aromatic carbocycles. The van der Waals surface area contributed by atoms with E-state index in [1.807, 2.05) is 6.92 Å². The fraction of sp³-hybridized carbons (Fsp3) is 1.00. The zero-order chi connectivity index (χ0) is 10.5. The van der Waals surface area contributed by atoms with Gasteiger partial charge in [0.1, 0.15) is 0 Å². The van der Waals surface area contributed by atoms with Gasteiger partial charge in [0, 0.05) is 29.9 Å². The van der Waals surface area contributed by atoms with Crippen LogP contribution in [-0.2, 0) is 20.3 Å². The van der Waals surface area contributed by atoms with Crippen molar-refractivity contribution in [2.45, 2.75) is 6.92 Å². The fourth-order valence-corrected chi connectivity index (χ4v) is 0.429. The van der Waals surface area contributed by atoms with Crippen molar-refractivity contribution in [3.63, 3.8) is 0 Å². The first-order chi connectivity index (χ1) is 6.15. The summed E-state index contributed by atoms with van der Waals surface area (Å²) in [6.45, 7) is 4.36. The Hall–Kier alpha value is 0.0300. The van der Waals surface area contributed by atoms with Crippen LogP contribution in [0, 0.1) is 0 Å². The topological polar surface area (TPSA) is 55.8 Å². The van der Waals surface area contributed by atoms with Crippen LogP contribution in [0.15, 0.2) is 0 Å². The standard InChI is InChI=1S/C6H14O3.C2H6OS/c1-2-8-5-6-9-4-3-7;1-4(2)3/h7H,2-6H2,1H3;1-2H3. The van der Waals surface area contributed by atoms with Crippen LogP contribution in [0.25, 0.3) is 0 Å². The molecule has 0 fully saturated rings. The molecule has 0 atom stereocenters. The lowest BCUT2D eigenvalue weighted by Crippen LogP contribution is -2.06. The van der Waals surface area contributed by atoms with Crippen LogP contribution < -0.4 is 0 Å². The summed E-state index contributed by atoms with van der Waals surface area (Å²) in [4.78, 5) is 0. The summed E-state index contributed by atoms with van der Waals surface area (Å²) in [5.74, 6) is 0. The number of aliphatic hydroxyl groups excluding tert-OH is 1. The van der Waals surface area contributed by atoms with E-state index in [0.29, 0.717) is 19.8 Å². The molecule has 0 aliphatic rings. The van der Waals surface area contributed by atoms with E-state index in [0.717, 1.165) is 6.61 Å². The van der Waals surface area contributed by atoms with Gasteiger partial charge in [0.05, 0.1) is 26.4 Å². The monoisotopic (exact) mass is 212 g/mol. The summed E-state index contributed by atoms with van der Waals surface area (Å²) in [5, 5.41) is 8.26. The van der Waals surface area contributed by atoms with Crippen LogP contribution in [0.2, 0.25) is 0 Å². The van der Waals surface area contributed by atoms with E-state index in [4.69, 9.17) is 14.6 Å². The van der Waals surface area contributed by atoms with E-state index in [1.165, 1.54) is 0 Å². The molecule has 0 saturated heterocycles. The van der Waals surface area contributed by atoms with Crippen molar-refractivity contribution in [3.8, 4) is 0 Å². The summed E-state index contributed by atoms with van der Waals surface area (Å²) >= 11 is 0. The average molecular weight is 212 g/mol. The van der Waals surface area contributed by atoms with Crippen LogP contribution in [0.3, 0.4) is 0 Å². The van der Waals surface area contributed by atoms with E-state index < -0.39 is 10.8 Å². The van der Waals surface area contributed by atoms with E-state index in [9.17, 15) is 4.21 Å². The summed E-state index contributed by atoms with van der Waals surface area (Å²) in [5.41, 5.74) is 0. The Labute approximate surface area is 82.7 Å². The van der Waals surface area contributed by atoms with E-state index in [-0.39, 0.29) is 6.61 Å². The SMILES string of the molecule is CCOCCOCCO.CS(C)=O. The van der Waals surface area contributed by atoms with Crippen LogP contribution in [0.4, 0.5) is 0 Å². The van der Waals surface area contributed by atoms with E-state index in [2.05, 4.69) is 0 Å². The number of rotatable bonds is 6. The highest BCUT2D eigenvalue weighted by atomic mass is 32.2. The Balaban J connectivity index is 0. The molecule has 0 rings (SSSR count). The quantitative estimate of drug-likeness (QED) is 0.631. The summed E-state index contributed by atoms with van der Waals surface area (Å²) in [6, 6.07) is 0. The molecular weight excluding hydrogens is 192 g/mol. The maximum absolute atomic E-state index is 9.56. The maximum atomic E-state index is 9.56. The molecular formula is C8H20O4S. The molecule has 0 aromatic rings. The molecule has 4 nitrogen and oxygen atoms in total. The molecule has 0 bridgehead atoms. The second-order valence-electron chi connectivity index (χ2n) is 2.27. The number of ether oxygens (including phenoxy) is 2. The first kappa shape index (κ1) is 15.5. The lowest BCUT2D eigenvalue weighted by atomic mass is 10.7. The Morgan fingerprint density at radius 1 is 1.15 bits per heavy atom. The van der Waals surface area contributed by atoms with Crippen molar-refractivity contribution in [2.75, 3.05) is 45.5 Å². The third-order valence-electron chi connectivity index (χ3n) is 0.812. The Bertz CT molecular complexity index is 98.3. The largest absolute Gasteiger partial charge is 0.394 e. The van der Waals surface area contributed by atoms with Gasteiger partial charge in [-0.1, -0.05) is 0 Å². The molecule has 0 saturated carbocycles. The predicted molar refractivity (Wildman–Crippen MR) is 54.4 cm³/mol. The van der Waals surface area contributed by atoms with Gasteiger partial charge in [-0.3, -0.25) is 4.21 Å². The highest BCUT2D eigenvalue weighted by Gasteiger charge is 1.84. The van der Waals surface area contributed by atoms with Gasteiger partial charge >= 0.3 is 0 Å². The highest BCUT2D eigenvalue weighted by Crippen LogP contribution is 1.76. The average Bonchev–Trinajstić information content (AvgIpc) is 2.03. The van der Waals surface area contributed by atoms with E-state index in [1.54, 1.807) is 12.5 Å². The molecule has 0 spiro atoms. The van der Waals surface area contributed by atoms with Crippen molar-refractivity contribution >= 4 is 10.8 Å². The molecule has 13 heavy (non-hydrogen) atoms. The molecule has 0 aromatic heterocycles. The van der Waals surface area contributed by atoms with Gasteiger partial charge in [-0.2, -0.15) is 0 Å². The van der Waals surface area contributed by atoms with E-state index >= 15 is 0 Å². The molecule has 82 valence electrons. The lowest BCUT2D eigenvalue weighted by molar-refractivity contribution is 0.0370. The number of hydrogen-bond donors (Lipinski definition) is 1. The summed E-state index contributed by atoms with van der Waals surface area (Å²) in [6.07, 6.45) is 3.28. The minimum Gasteiger partial charge on any atom is -0.394 e. The van der Waals surface area contributed by atoms with Crippen molar-refractivity contribution in [1.29, 1.82) is 0 Å². The molecule has 0 aliphatic heterocycles. The third kappa shape index (κ3) is 33.3. The fourth-order valence-electron chi connectivity index (χ4n) is 0.429. The van der Waals surface area contributed by atoms with Crippen molar-refractivity contribution in [1.82, 2.24) is 0 Å². The minimum atomic E-state index is -0.611. The van der Waals surface area contributed by atoms with Crippen molar-refractivity contribution in [2.24, 2.45) is 0 Å². The molecule has 0 amide bonds. The molecule has 1 N–H and O–H groups in total. The molecule has 0 aliphatic carbocycles. The normalized spacial score (nSPS) is 9.62. The first-order valence-electron chi connectivity index (χ1n) is 4.16. The lowest BCUT2D eigenvalue weighted by Gasteiger charge is -2.00. The van der Waals surface area contributed by atoms with Crippen molar-refractivity contribution in [3.05, 3.63) is 0 Å². The van der Waals surface area contributed by atoms with Crippen molar-refractivity contribution < 1.29 is 18.8 Å². The van der Waals surface area contributed by atoms with Crippen LogP contribution in [-0.4, -0.2) is 54.9 Å². The molecule has 5 heteroatoms. The zero-order valence-electron chi connectivity index (χ0n) is 8.62. The zero-order valence-corrected chi connectivity index (χ0v) is 9.43. The van der Waals surface area contributed by atoms with Gasteiger partial charge < -0.3 is 14.6 Å². The van der Waals surface area contributed by atoms with Gasteiger partial charge in [-0.15, -0.1) is 0 Å². The van der Waals surface area contributed by atoms with Gasteiger partial charge in [0.2, 0.25) is 0 Å². The molecule has 0 radical (unpaired) electrons. The molecule has 0 unspecified atom stereocenters. The van der Waals surface area contributed by atoms with Crippen LogP contribution >= 0.6 is 0 Å². The van der Waals surface area contributed by atoms with Crippen LogP contribution in [0.5, 0.6) is 0 Å². The van der Waals surface area contributed by atoms with Gasteiger partial charge in [-0.25, -0.2) is 0 Å². The minimum absolute atomic E-state index is 0.0894. The third-order valence-corrected chi connectivity index (χ3v) is 0.812. The van der Waals surface area contributed by atoms with Gasteiger partial charge in [-0.05, 0) is 6.92 Å².